The van der Waals surface area contributed by atoms with Gasteiger partial charge in [0.05, 0.1) is 0 Å². The smallest absolute Gasteiger partial charge is 0.320 e. The van der Waals surface area contributed by atoms with Crippen LogP contribution in [0.3, 0.4) is 0 Å². The van der Waals surface area contributed by atoms with Crippen LogP contribution < -0.4 is 5.73 Å². The highest BCUT2D eigenvalue weighted by molar-refractivity contribution is 6.49. The van der Waals surface area contributed by atoms with E-state index in [4.69, 9.17) is 10.8 Å². The molecular formula is C17H18N2O4. The summed E-state index contributed by atoms with van der Waals surface area (Å²) in [5, 5.41) is 18.6. The highest BCUT2D eigenvalue weighted by Crippen LogP contribution is 2.18. The number of carboxylic acid groups (broad SMARTS) is 1. The highest BCUT2D eigenvalue weighted by atomic mass is 16.4. The Labute approximate surface area is 133 Å². The lowest BCUT2D eigenvalue weighted by atomic mass is 9.97. The van der Waals surface area contributed by atoms with E-state index in [1.165, 1.54) is 6.08 Å². The average Bonchev–Trinajstić information content (AvgIpc) is 2.52. The van der Waals surface area contributed by atoms with E-state index in [1.54, 1.807) is 0 Å². The molecule has 1 aromatic carbocycles. The minimum Gasteiger partial charge on any atom is -0.508 e. The number of aliphatic imine (C=N–C) groups is 1. The number of carbonyl (C=O) groups excluding carboxylic acids is 1. The van der Waals surface area contributed by atoms with Crippen molar-refractivity contribution in [3.8, 4) is 0 Å². The molecule has 120 valence electrons. The quantitative estimate of drug-likeness (QED) is 0.687. The minimum absolute atomic E-state index is 0.0668. The van der Waals surface area contributed by atoms with Crippen molar-refractivity contribution in [3.05, 3.63) is 59.4 Å². The van der Waals surface area contributed by atoms with Gasteiger partial charge < -0.3 is 15.9 Å². The second kappa shape index (κ2) is 7.51. The van der Waals surface area contributed by atoms with Crippen LogP contribution in [0.15, 0.2) is 58.8 Å². The van der Waals surface area contributed by atoms with Crippen molar-refractivity contribution in [1.29, 1.82) is 0 Å². The van der Waals surface area contributed by atoms with Crippen LogP contribution in [-0.2, 0) is 16.0 Å². The molecule has 2 rings (SSSR count). The summed E-state index contributed by atoms with van der Waals surface area (Å²) in [5.74, 6) is -1.82. The Bertz CT molecular complexity index is 690. The fraction of sp³-hybridized carbons (Fsp3) is 0.235. The maximum absolute atomic E-state index is 11.9. The molecule has 0 saturated carbocycles. The Morgan fingerprint density at radius 1 is 1.22 bits per heavy atom. The molecule has 0 saturated heterocycles. The standard InChI is InChI=1S/C17H18N2O4/c18-13(17(22)23)8-12-9-14(16(21)10-15(12)20)19-7-6-11-4-2-1-3-5-11/h1-5,9-10,13,20H,6-8,18H2,(H,22,23)/t13-/m0/s1. The summed E-state index contributed by atoms with van der Waals surface area (Å²) >= 11 is 0. The lowest BCUT2D eigenvalue weighted by Crippen LogP contribution is -2.31. The molecule has 1 aliphatic rings. The normalized spacial score (nSPS) is 17.6. The zero-order valence-electron chi connectivity index (χ0n) is 12.5. The Hall–Kier alpha value is -2.73. The van der Waals surface area contributed by atoms with Gasteiger partial charge in [0.1, 0.15) is 17.5 Å². The number of nitrogens with zero attached hydrogens (tertiary/aromatic N) is 1. The minimum atomic E-state index is -1.17. The van der Waals surface area contributed by atoms with Gasteiger partial charge >= 0.3 is 5.97 Å². The summed E-state index contributed by atoms with van der Waals surface area (Å²) < 4.78 is 0. The van der Waals surface area contributed by atoms with Crippen LogP contribution in [-0.4, -0.2) is 40.3 Å². The predicted octanol–water partition coefficient (Wildman–Crippen LogP) is 1.42. The summed E-state index contributed by atoms with van der Waals surface area (Å²) in [4.78, 5) is 26.9. The Kier molecular flexibility index (Phi) is 5.43. The van der Waals surface area contributed by atoms with E-state index in [0.717, 1.165) is 11.6 Å². The first-order chi connectivity index (χ1) is 11.0. The second-order valence-electron chi connectivity index (χ2n) is 5.21. The van der Waals surface area contributed by atoms with Crippen LogP contribution in [0, 0.1) is 0 Å². The van der Waals surface area contributed by atoms with Gasteiger partial charge in [-0.05, 0) is 23.6 Å². The predicted molar refractivity (Wildman–Crippen MR) is 86.5 cm³/mol. The summed E-state index contributed by atoms with van der Waals surface area (Å²) in [7, 11) is 0. The number of benzene rings is 1. The summed E-state index contributed by atoms with van der Waals surface area (Å²) in [5.41, 5.74) is 7.07. The van der Waals surface area contributed by atoms with Crippen LogP contribution in [0.5, 0.6) is 0 Å². The molecule has 0 unspecified atom stereocenters. The number of carbonyl (C=O) groups is 2. The molecule has 23 heavy (non-hydrogen) atoms. The molecular weight excluding hydrogens is 296 g/mol. The van der Waals surface area contributed by atoms with Gasteiger partial charge in [0.25, 0.3) is 0 Å². The number of aliphatic carboxylic acids is 1. The SMILES string of the molecule is N[C@@H](CC1=CC(=NCCc2ccccc2)C(=O)C=C1O)C(=O)O. The van der Waals surface area contributed by atoms with Gasteiger partial charge in [0.15, 0.2) is 0 Å². The molecule has 0 heterocycles. The maximum atomic E-state index is 11.9. The van der Waals surface area contributed by atoms with Gasteiger partial charge in [-0.2, -0.15) is 0 Å². The zero-order chi connectivity index (χ0) is 16.8. The second-order valence-corrected chi connectivity index (χ2v) is 5.21. The first-order valence-corrected chi connectivity index (χ1v) is 7.20. The van der Waals surface area contributed by atoms with Gasteiger partial charge in [0.2, 0.25) is 5.78 Å². The number of nitrogens with two attached hydrogens (primary N) is 1. The largest absolute Gasteiger partial charge is 0.508 e. The summed E-state index contributed by atoms with van der Waals surface area (Å²) in [6.45, 7) is 0.425. The van der Waals surface area contributed by atoms with Crippen molar-refractivity contribution < 1.29 is 19.8 Å². The highest BCUT2D eigenvalue weighted by Gasteiger charge is 2.22. The Morgan fingerprint density at radius 2 is 1.91 bits per heavy atom. The number of ketones is 1. The fourth-order valence-corrected chi connectivity index (χ4v) is 2.16. The van der Waals surface area contributed by atoms with Crippen molar-refractivity contribution in [3.63, 3.8) is 0 Å². The van der Waals surface area contributed by atoms with Crippen molar-refractivity contribution in [2.24, 2.45) is 10.7 Å². The molecule has 0 bridgehead atoms. The lowest BCUT2D eigenvalue weighted by Gasteiger charge is -2.14. The van der Waals surface area contributed by atoms with Crippen molar-refractivity contribution in [2.45, 2.75) is 18.9 Å². The molecule has 1 aromatic rings. The molecule has 0 amide bonds. The third-order valence-corrected chi connectivity index (χ3v) is 3.44. The number of allylic oxidation sites excluding steroid dienone is 3. The molecule has 0 fully saturated rings. The number of aliphatic hydroxyl groups excluding tert-OH is 1. The third-order valence-electron chi connectivity index (χ3n) is 3.44. The Balaban J connectivity index is 2.07. The number of carboxylic acids is 1. The molecule has 0 radical (unpaired) electrons. The van der Waals surface area contributed by atoms with E-state index in [0.29, 0.717) is 18.5 Å². The van der Waals surface area contributed by atoms with Crippen LogP contribution >= 0.6 is 0 Å². The number of rotatable bonds is 6. The van der Waals surface area contributed by atoms with Crippen LogP contribution in [0.2, 0.25) is 0 Å². The first kappa shape index (κ1) is 16.6. The van der Waals surface area contributed by atoms with Crippen LogP contribution in [0.1, 0.15) is 12.0 Å². The van der Waals surface area contributed by atoms with E-state index in [-0.39, 0.29) is 17.9 Å². The van der Waals surface area contributed by atoms with E-state index in [9.17, 15) is 14.7 Å². The van der Waals surface area contributed by atoms with Crippen molar-refractivity contribution in [2.75, 3.05) is 6.54 Å². The fourth-order valence-electron chi connectivity index (χ4n) is 2.16. The van der Waals surface area contributed by atoms with Crippen molar-refractivity contribution >= 4 is 17.5 Å². The molecule has 0 spiro atoms. The molecule has 1 aliphatic carbocycles. The van der Waals surface area contributed by atoms with Crippen LogP contribution in [0.4, 0.5) is 0 Å². The molecule has 6 heteroatoms. The van der Waals surface area contributed by atoms with Gasteiger partial charge in [-0.15, -0.1) is 0 Å². The van der Waals surface area contributed by atoms with Gasteiger partial charge in [-0.3, -0.25) is 14.6 Å². The van der Waals surface area contributed by atoms with E-state index in [2.05, 4.69) is 4.99 Å². The average molecular weight is 314 g/mol. The van der Waals surface area contributed by atoms with Gasteiger partial charge in [-0.1, -0.05) is 30.3 Å². The number of hydrogen-bond acceptors (Lipinski definition) is 5. The topological polar surface area (TPSA) is 113 Å². The third kappa shape index (κ3) is 4.62. The summed E-state index contributed by atoms with van der Waals surface area (Å²) in [6, 6.07) is 8.59. The molecule has 0 aliphatic heterocycles. The van der Waals surface area contributed by atoms with Gasteiger partial charge in [0, 0.05) is 19.0 Å². The van der Waals surface area contributed by atoms with E-state index < -0.39 is 17.8 Å². The van der Waals surface area contributed by atoms with Crippen LogP contribution in [0.25, 0.3) is 0 Å². The monoisotopic (exact) mass is 314 g/mol. The number of aliphatic hydroxyl groups is 1. The van der Waals surface area contributed by atoms with E-state index in [1.807, 2.05) is 30.3 Å². The molecule has 4 N–H and O–H groups in total. The molecule has 6 nitrogen and oxygen atoms in total. The van der Waals surface area contributed by atoms with Crippen molar-refractivity contribution in [1.82, 2.24) is 0 Å². The molecule has 0 aromatic heterocycles. The number of hydrogen-bond donors (Lipinski definition) is 3. The van der Waals surface area contributed by atoms with Gasteiger partial charge in [-0.25, -0.2) is 0 Å². The molecule has 1 atom stereocenters. The maximum Gasteiger partial charge on any atom is 0.320 e. The summed E-state index contributed by atoms with van der Waals surface area (Å²) in [6.07, 6.45) is 3.07. The lowest BCUT2D eigenvalue weighted by molar-refractivity contribution is -0.138. The van der Waals surface area contributed by atoms with E-state index >= 15 is 0 Å². The Morgan fingerprint density at radius 3 is 2.57 bits per heavy atom. The first-order valence-electron chi connectivity index (χ1n) is 7.20. The zero-order valence-corrected chi connectivity index (χ0v) is 12.5.